The quantitative estimate of drug-likeness (QED) is 0.601. The normalized spacial score (nSPS) is 11.6. The van der Waals surface area contributed by atoms with Gasteiger partial charge in [0.15, 0.2) is 0 Å². The molecule has 2 aromatic carbocycles. The van der Waals surface area contributed by atoms with Crippen molar-refractivity contribution in [2.75, 3.05) is 11.1 Å². The number of thioether (sulfide) groups is 1. The van der Waals surface area contributed by atoms with Crippen molar-refractivity contribution < 1.29 is 18.0 Å². The van der Waals surface area contributed by atoms with Gasteiger partial charge >= 0.3 is 6.18 Å². The molecule has 3 aromatic rings. The van der Waals surface area contributed by atoms with Gasteiger partial charge in [0.25, 0.3) is 5.56 Å². The number of nitrogens with zero attached hydrogens (tertiary/aromatic N) is 1. The van der Waals surface area contributed by atoms with E-state index < -0.39 is 17.6 Å². The lowest BCUT2D eigenvalue weighted by molar-refractivity contribution is -0.137. The number of benzene rings is 2. The summed E-state index contributed by atoms with van der Waals surface area (Å²) in [5.41, 5.74) is -0.412. The zero-order valence-electron chi connectivity index (χ0n) is 14.5. The molecule has 0 bridgehead atoms. The van der Waals surface area contributed by atoms with E-state index in [9.17, 15) is 22.8 Å². The lowest BCUT2D eigenvalue weighted by atomic mass is 10.2. The molecule has 0 aliphatic rings. The number of hydrogen-bond donors (Lipinski definition) is 1. The number of amides is 1. The Kier molecular flexibility index (Phi) is 5.71. The summed E-state index contributed by atoms with van der Waals surface area (Å²) in [6.07, 6.45) is -4.49. The van der Waals surface area contributed by atoms with Gasteiger partial charge in [-0.3, -0.25) is 9.59 Å². The molecular formula is C19H14ClF3N2O2S. The molecule has 0 radical (unpaired) electrons. The Labute approximate surface area is 167 Å². The van der Waals surface area contributed by atoms with E-state index in [2.05, 4.69) is 5.32 Å². The first kappa shape index (κ1) is 20.3. The molecule has 0 saturated heterocycles. The molecule has 146 valence electrons. The van der Waals surface area contributed by atoms with E-state index in [-0.39, 0.29) is 17.0 Å². The van der Waals surface area contributed by atoms with Gasteiger partial charge in [-0.1, -0.05) is 23.7 Å². The summed E-state index contributed by atoms with van der Waals surface area (Å²) >= 11 is 7.12. The van der Waals surface area contributed by atoms with Gasteiger partial charge in [0.1, 0.15) is 0 Å². The molecule has 1 aromatic heterocycles. The molecule has 9 heteroatoms. The van der Waals surface area contributed by atoms with Crippen LogP contribution in [0.5, 0.6) is 0 Å². The van der Waals surface area contributed by atoms with Crippen molar-refractivity contribution in [3.05, 3.63) is 69.5 Å². The Hall–Kier alpha value is -2.45. The molecule has 0 aliphatic carbocycles. The molecule has 1 amide bonds. The Morgan fingerprint density at radius 1 is 1.18 bits per heavy atom. The van der Waals surface area contributed by atoms with E-state index in [1.54, 1.807) is 25.2 Å². The van der Waals surface area contributed by atoms with Crippen LogP contribution in [0.4, 0.5) is 18.9 Å². The summed E-state index contributed by atoms with van der Waals surface area (Å²) in [5, 5.41) is 3.68. The number of halogens is 4. The molecule has 0 saturated carbocycles. The van der Waals surface area contributed by atoms with Crippen LogP contribution in [0.15, 0.2) is 58.2 Å². The smallest absolute Gasteiger partial charge is 0.325 e. The summed E-state index contributed by atoms with van der Waals surface area (Å²) in [4.78, 5) is 24.9. The third kappa shape index (κ3) is 4.51. The Balaban J connectivity index is 1.77. The second kappa shape index (κ2) is 7.89. The lowest BCUT2D eigenvalue weighted by Crippen LogP contribution is -2.17. The number of rotatable bonds is 4. The fourth-order valence-electron chi connectivity index (χ4n) is 2.63. The van der Waals surface area contributed by atoms with Gasteiger partial charge in [0.05, 0.1) is 16.8 Å². The Bertz CT molecular complexity index is 1110. The van der Waals surface area contributed by atoms with E-state index in [0.29, 0.717) is 15.4 Å². The van der Waals surface area contributed by atoms with Crippen molar-refractivity contribution in [2.45, 2.75) is 11.1 Å². The molecule has 0 spiro atoms. The fraction of sp³-hybridized carbons (Fsp3) is 0.158. The van der Waals surface area contributed by atoms with Gasteiger partial charge < -0.3 is 9.88 Å². The van der Waals surface area contributed by atoms with Crippen LogP contribution in [0.2, 0.25) is 5.02 Å². The van der Waals surface area contributed by atoms with Crippen LogP contribution in [0.1, 0.15) is 5.56 Å². The van der Waals surface area contributed by atoms with Crippen LogP contribution >= 0.6 is 23.4 Å². The van der Waals surface area contributed by atoms with E-state index in [0.717, 1.165) is 29.3 Å². The molecule has 1 heterocycles. The fourth-order valence-corrected chi connectivity index (χ4v) is 3.67. The maximum Gasteiger partial charge on any atom is 0.416 e. The molecule has 28 heavy (non-hydrogen) atoms. The first-order valence-electron chi connectivity index (χ1n) is 8.04. The van der Waals surface area contributed by atoms with Crippen molar-refractivity contribution in [3.63, 3.8) is 0 Å². The SMILES string of the molecule is Cn1c(=O)cc(SCC(=O)Nc2cccc(C(F)(F)F)c2)c2ccc(Cl)cc21. The number of anilines is 1. The molecule has 1 N–H and O–H groups in total. The highest BCUT2D eigenvalue weighted by Gasteiger charge is 2.30. The van der Waals surface area contributed by atoms with E-state index >= 15 is 0 Å². The standard InChI is InChI=1S/C19H14ClF3N2O2S/c1-25-15-8-12(20)5-6-14(15)16(9-18(25)27)28-10-17(26)24-13-4-2-3-11(7-13)19(21,22)23/h2-9H,10H2,1H3,(H,24,26). The zero-order chi connectivity index (χ0) is 20.5. The summed E-state index contributed by atoms with van der Waals surface area (Å²) in [5.74, 6) is -0.548. The van der Waals surface area contributed by atoms with Crippen LogP contribution in [0.3, 0.4) is 0 Å². The summed E-state index contributed by atoms with van der Waals surface area (Å²) in [6.45, 7) is 0. The monoisotopic (exact) mass is 426 g/mol. The highest BCUT2D eigenvalue weighted by atomic mass is 35.5. The highest BCUT2D eigenvalue weighted by Crippen LogP contribution is 2.31. The predicted molar refractivity (Wildman–Crippen MR) is 105 cm³/mol. The van der Waals surface area contributed by atoms with Crippen molar-refractivity contribution in [1.82, 2.24) is 4.57 Å². The van der Waals surface area contributed by atoms with Crippen molar-refractivity contribution >= 4 is 45.9 Å². The number of carbonyl (C=O) groups is 1. The Morgan fingerprint density at radius 3 is 2.64 bits per heavy atom. The van der Waals surface area contributed by atoms with Gasteiger partial charge in [0.2, 0.25) is 5.91 Å². The number of pyridine rings is 1. The average Bonchev–Trinajstić information content (AvgIpc) is 2.63. The summed E-state index contributed by atoms with van der Waals surface area (Å²) < 4.78 is 39.7. The van der Waals surface area contributed by atoms with E-state index in [1.807, 2.05) is 0 Å². The van der Waals surface area contributed by atoms with Crippen molar-refractivity contribution in [3.8, 4) is 0 Å². The molecule has 0 unspecified atom stereocenters. The van der Waals surface area contributed by atoms with Gasteiger partial charge in [-0.25, -0.2) is 0 Å². The average molecular weight is 427 g/mol. The summed E-state index contributed by atoms with van der Waals surface area (Å²) in [7, 11) is 1.62. The van der Waals surface area contributed by atoms with Crippen molar-refractivity contribution in [2.24, 2.45) is 7.05 Å². The molecular weight excluding hydrogens is 413 g/mol. The van der Waals surface area contributed by atoms with Gasteiger partial charge in [-0.2, -0.15) is 13.2 Å². The second-order valence-corrected chi connectivity index (χ2v) is 7.44. The molecule has 4 nitrogen and oxygen atoms in total. The topological polar surface area (TPSA) is 51.1 Å². The van der Waals surface area contributed by atoms with Gasteiger partial charge in [-0.05, 0) is 30.3 Å². The van der Waals surface area contributed by atoms with Crippen LogP contribution < -0.4 is 10.9 Å². The van der Waals surface area contributed by atoms with Crippen molar-refractivity contribution in [1.29, 1.82) is 0 Å². The number of nitrogens with one attached hydrogen (secondary N) is 1. The predicted octanol–water partition coefficient (Wildman–Crippen LogP) is 4.94. The maximum atomic E-state index is 12.8. The Morgan fingerprint density at radius 2 is 1.93 bits per heavy atom. The van der Waals surface area contributed by atoms with Crippen LogP contribution in [-0.2, 0) is 18.0 Å². The molecule has 0 fully saturated rings. The van der Waals surface area contributed by atoms with Crippen LogP contribution in [0.25, 0.3) is 10.9 Å². The minimum atomic E-state index is -4.49. The third-order valence-electron chi connectivity index (χ3n) is 4.00. The minimum Gasteiger partial charge on any atom is -0.325 e. The van der Waals surface area contributed by atoms with E-state index in [1.165, 1.54) is 22.8 Å². The summed E-state index contributed by atoms with van der Waals surface area (Å²) in [6, 6.07) is 10.9. The molecule has 0 aliphatic heterocycles. The first-order chi connectivity index (χ1) is 13.1. The maximum absolute atomic E-state index is 12.8. The van der Waals surface area contributed by atoms with E-state index in [4.69, 9.17) is 11.6 Å². The minimum absolute atomic E-state index is 0.0565. The number of carbonyl (C=O) groups excluding carboxylic acids is 1. The number of hydrogen-bond acceptors (Lipinski definition) is 3. The largest absolute Gasteiger partial charge is 0.416 e. The number of fused-ring (bicyclic) bond motifs is 1. The van der Waals surface area contributed by atoms with Gasteiger partial charge in [0, 0.05) is 34.1 Å². The number of aromatic nitrogens is 1. The van der Waals surface area contributed by atoms with Crippen LogP contribution in [0, 0.1) is 0 Å². The number of aryl methyl sites for hydroxylation is 1. The number of alkyl halides is 3. The third-order valence-corrected chi connectivity index (χ3v) is 5.29. The zero-order valence-corrected chi connectivity index (χ0v) is 16.1. The van der Waals surface area contributed by atoms with Gasteiger partial charge in [-0.15, -0.1) is 11.8 Å². The highest BCUT2D eigenvalue weighted by molar-refractivity contribution is 8.00. The molecule has 3 rings (SSSR count). The second-order valence-electron chi connectivity index (χ2n) is 5.98. The lowest BCUT2D eigenvalue weighted by Gasteiger charge is -2.11. The molecule has 0 atom stereocenters. The first-order valence-corrected chi connectivity index (χ1v) is 9.41. The van der Waals surface area contributed by atoms with Crippen LogP contribution in [-0.4, -0.2) is 16.2 Å².